The highest BCUT2D eigenvalue weighted by atomic mass is 19.1. The first-order chi connectivity index (χ1) is 15.7. The number of alkyl halides is 1. The van der Waals surface area contributed by atoms with Crippen molar-refractivity contribution in [2.24, 2.45) is 0 Å². The van der Waals surface area contributed by atoms with Crippen LogP contribution in [0.4, 0.5) is 10.2 Å². The third-order valence-electron chi connectivity index (χ3n) is 5.22. The summed E-state index contributed by atoms with van der Waals surface area (Å²) >= 11 is 0. The maximum atomic E-state index is 12.8. The number of fused-ring (bicyclic) bond motifs is 1. The van der Waals surface area contributed by atoms with Gasteiger partial charge >= 0.3 is 0 Å². The number of anilines is 1. The van der Waals surface area contributed by atoms with Gasteiger partial charge in [0.25, 0.3) is 0 Å². The summed E-state index contributed by atoms with van der Waals surface area (Å²) in [6, 6.07) is 18.3. The van der Waals surface area contributed by atoms with Crippen LogP contribution >= 0.6 is 0 Å². The van der Waals surface area contributed by atoms with Gasteiger partial charge in [0.05, 0.1) is 23.6 Å². The SMILES string of the molecule is Nc1ncccc1-c1nc2ccc(-c3ccc(CF)nc3)nc2n1-c1ccc(CO)cc1. The molecule has 3 N–H and O–H groups in total. The minimum absolute atomic E-state index is 0.0440. The van der Waals surface area contributed by atoms with Crippen molar-refractivity contribution >= 4 is 17.0 Å². The number of aliphatic hydroxyl groups excluding tert-OH is 1. The van der Waals surface area contributed by atoms with Crippen LogP contribution in [0.3, 0.4) is 0 Å². The van der Waals surface area contributed by atoms with Gasteiger partial charge in [-0.1, -0.05) is 12.1 Å². The van der Waals surface area contributed by atoms with Gasteiger partial charge in [-0.25, -0.2) is 19.3 Å². The zero-order valence-electron chi connectivity index (χ0n) is 17.0. The van der Waals surface area contributed by atoms with Gasteiger partial charge in [0.1, 0.15) is 18.0 Å². The van der Waals surface area contributed by atoms with Crippen LogP contribution in [0.25, 0.3) is 39.5 Å². The molecule has 4 heterocycles. The van der Waals surface area contributed by atoms with E-state index in [1.165, 1.54) is 0 Å². The molecular formula is C24H19FN6O. The van der Waals surface area contributed by atoms with E-state index in [0.717, 1.165) is 16.8 Å². The molecule has 0 aliphatic rings. The molecule has 0 fully saturated rings. The average Bonchev–Trinajstić information content (AvgIpc) is 3.23. The quantitative estimate of drug-likeness (QED) is 0.439. The van der Waals surface area contributed by atoms with Crippen molar-refractivity contribution in [1.29, 1.82) is 0 Å². The van der Waals surface area contributed by atoms with E-state index < -0.39 is 6.67 Å². The Bertz CT molecular complexity index is 1400. The van der Waals surface area contributed by atoms with E-state index in [2.05, 4.69) is 9.97 Å². The molecule has 0 saturated heterocycles. The first-order valence-corrected chi connectivity index (χ1v) is 9.99. The molecule has 0 aliphatic carbocycles. The number of halogens is 1. The van der Waals surface area contributed by atoms with Crippen molar-refractivity contribution in [2.75, 3.05) is 5.73 Å². The largest absolute Gasteiger partial charge is 0.392 e. The van der Waals surface area contributed by atoms with Crippen LogP contribution < -0.4 is 5.73 Å². The summed E-state index contributed by atoms with van der Waals surface area (Å²) in [5, 5.41) is 9.41. The molecule has 32 heavy (non-hydrogen) atoms. The minimum Gasteiger partial charge on any atom is -0.392 e. The lowest BCUT2D eigenvalue weighted by molar-refractivity contribution is 0.282. The van der Waals surface area contributed by atoms with Crippen molar-refractivity contribution in [1.82, 2.24) is 24.5 Å². The Hall–Kier alpha value is -4.17. The maximum Gasteiger partial charge on any atom is 0.165 e. The van der Waals surface area contributed by atoms with E-state index in [1.807, 2.05) is 47.0 Å². The second-order valence-electron chi connectivity index (χ2n) is 7.24. The molecule has 0 aliphatic heterocycles. The van der Waals surface area contributed by atoms with Crippen LogP contribution in [0.1, 0.15) is 11.3 Å². The van der Waals surface area contributed by atoms with Gasteiger partial charge in [-0.05, 0) is 54.1 Å². The molecule has 0 bridgehead atoms. The predicted molar refractivity (Wildman–Crippen MR) is 120 cm³/mol. The Labute approximate surface area is 183 Å². The predicted octanol–water partition coefficient (Wildman–Crippen LogP) is 4.09. The van der Waals surface area contributed by atoms with Gasteiger partial charge < -0.3 is 10.8 Å². The number of aromatic nitrogens is 5. The lowest BCUT2D eigenvalue weighted by Gasteiger charge is -2.11. The summed E-state index contributed by atoms with van der Waals surface area (Å²) in [6.45, 7) is -0.656. The number of nitrogen functional groups attached to an aromatic ring is 1. The van der Waals surface area contributed by atoms with Gasteiger partial charge in [-0.3, -0.25) is 9.55 Å². The van der Waals surface area contributed by atoms with Crippen LogP contribution in [-0.4, -0.2) is 29.6 Å². The molecule has 0 amide bonds. The van der Waals surface area contributed by atoms with E-state index in [-0.39, 0.29) is 6.61 Å². The van der Waals surface area contributed by atoms with Gasteiger partial charge in [0.2, 0.25) is 0 Å². The van der Waals surface area contributed by atoms with Crippen molar-refractivity contribution in [3.63, 3.8) is 0 Å². The number of hydrogen-bond acceptors (Lipinski definition) is 6. The molecule has 0 saturated carbocycles. The Balaban J connectivity index is 1.74. The second-order valence-corrected chi connectivity index (χ2v) is 7.24. The topological polar surface area (TPSA) is 103 Å². The summed E-state index contributed by atoms with van der Waals surface area (Å²) in [7, 11) is 0. The smallest absolute Gasteiger partial charge is 0.165 e. The molecule has 8 heteroatoms. The van der Waals surface area contributed by atoms with E-state index in [1.54, 1.807) is 30.6 Å². The van der Waals surface area contributed by atoms with Crippen molar-refractivity contribution < 1.29 is 9.50 Å². The lowest BCUT2D eigenvalue weighted by atomic mass is 10.1. The monoisotopic (exact) mass is 426 g/mol. The Morgan fingerprint density at radius 2 is 1.78 bits per heavy atom. The highest BCUT2D eigenvalue weighted by Gasteiger charge is 2.18. The summed E-state index contributed by atoms with van der Waals surface area (Å²) in [6.07, 6.45) is 3.24. The van der Waals surface area contributed by atoms with Gasteiger partial charge in [-0.2, -0.15) is 0 Å². The molecule has 158 valence electrons. The number of nitrogens with zero attached hydrogens (tertiary/aromatic N) is 5. The van der Waals surface area contributed by atoms with Crippen molar-refractivity contribution in [3.8, 4) is 28.3 Å². The molecule has 0 unspecified atom stereocenters. The van der Waals surface area contributed by atoms with Crippen LogP contribution in [0.2, 0.25) is 0 Å². The number of pyridine rings is 3. The summed E-state index contributed by atoms with van der Waals surface area (Å²) < 4.78 is 14.8. The minimum atomic E-state index is -0.612. The fourth-order valence-corrected chi connectivity index (χ4v) is 3.56. The summed E-state index contributed by atoms with van der Waals surface area (Å²) in [5.74, 6) is 0.972. The number of nitrogens with two attached hydrogens (primary N) is 1. The van der Waals surface area contributed by atoms with Crippen LogP contribution in [0, 0.1) is 0 Å². The molecule has 1 aromatic carbocycles. The number of rotatable bonds is 5. The molecule has 5 aromatic rings. The van der Waals surface area contributed by atoms with Crippen LogP contribution in [-0.2, 0) is 13.3 Å². The highest BCUT2D eigenvalue weighted by molar-refractivity contribution is 5.84. The van der Waals surface area contributed by atoms with Crippen LogP contribution in [0.15, 0.2) is 73.1 Å². The lowest BCUT2D eigenvalue weighted by Crippen LogP contribution is -2.02. The number of imidazole rings is 1. The van der Waals surface area contributed by atoms with E-state index in [9.17, 15) is 9.50 Å². The summed E-state index contributed by atoms with van der Waals surface area (Å²) in [5.41, 5.74) is 11.6. The molecule has 0 radical (unpaired) electrons. The number of hydrogen-bond donors (Lipinski definition) is 2. The highest BCUT2D eigenvalue weighted by Crippen LogP contribution is 2.31. The van der Waals surface area contributed by atoms with Gasteiger partial charge in [0.15, 0.2) is 11.5 Å². The fourth-order valence-electron chi connectivity index (χ4n) is 3.56. The second kappa shape index (κ2) is 8.16. The third kappa shape index (κ3) is 3.46. The van der Waals surface area contributed by atoms with E-state index in [4.69, 9.17) is 15.7 Å². The molecular weight excluding hydrogens is 407 g/mol. The molecule has 5 rings (SSSR count). The Kier molecular flexibility index (Phi) is 5.04. The third-order valence-corrected chi connectivity index (χ3v) is 5.22. The zero-order valence-corrected chi connectivity index (χ0v) is 17.0. The van der Waals surface area contributed by atoms with Gasteiger partial charge in [0, 0.05) is 23.6 Å². The molecule has 7 nitrogen and oxygen atoms in total. The molecule has 4 aromatic heterocycles. The van der Waals surface area contributed by atoms with E-state index in [0.29, 0.717) is 39.8 Å². The summed E-state index contributed by atoms with van der Waals surface area (Å²) in [4.78, 5) is 18.0. The average molecular weight is 426 g/mol. The number of aliphatic hydroxyl groups is 1. The Morgan fingerprint density at radius 3 is 2.47 bits per heavy atom. The maximum absolute atomic E-state index is 12.8. The van der Waals surface area contributed by atoms with E-state index >= 15 is 0 Å². The first kappa shape index (κ1) is 19.8. The molecule has 0 spiro atoms. The number of benzene rings is 1. The van der Waals surface area contributed by atoms with Crippen molar-refractivity contribution in [3.05, 3.63) is 84.3 Å². The standard InChI is InChI=1S/C24H19FN6O/c25-12-17-6-5-16(13-28-17)20-9-10-21-24(29-20)31(18-7-3-15(14-32)4-8-18)23(30-21)19-2-1-11-27-22(19)26/h1-11,13,32H,12,14H2,(H2,26,27). The Morgan fingerprint density at radius 1 is 0.938 bits per heavy atom. The fraction of sp³-hybridized carbons (Fsp3) is 0.0833. The normalized spacial score (nSPS) is 11.2. The first-order valence-electron chi connectivity index (χ1n) is 9.99. The van der Waals surface area contributed by atoms with Crippen LogP contribution in [0.5, 0.6) is 0 Å². The van der Waals surface area contributed by atoms with Gasteiger partial charge in [-0.15, -0.1) is 0 Å². The van der Waals surface area contributed by atoms with Crippen molar-refractivity contribution in [2.45, 2.75) is 13.3 Å². The zero-order chi connectivity index (χ0) is 22.1. The molecule has 0 atom stereocenters.